The fraction of sp³-hybridized carbons (Fsp3) is 0.722. The highest BCUT2D eigenvalue weighted by Gasteiger charge is 2.42. The predicted octanol–water partition coefficient (Wildman–Crippen LogP) is 3.93. The summed E-state index contributed by atoms with van der Waals surface area (Å²) in [5, 5.41) is 18.9. The number of carboxylic acid groups (broad SMARTS) is 1. The first-order chi connectivity index (χ1) is 10.1. The van der Waals surface area contributed by atoms with E-state index in [0.717, 1.165) is 44.9 Å². The minimum atomic E-state index is -0.698. The van der Waals surface area contributed by atoms with Crippen LogP contribution >= 0.6 is 0 Å². The maximum atomic E-state index is 10.5. The van der Waals surface area contributed by atoms with Crippen LogP contribution in [0.15, 0.2) is 23.8 Å². The Hall–Kier alpha value is -1.09. The third kappa shape index (κ3) is 4.44. The first-order valence-electron chi connectivity index (χ1n) is 8.38. The number of rotatable bonds is 8. The summed E-state index contributed by atoms with van der Waals surface area (Å²) in [4.78, 5) is 10.5. The molecule has 0 spiro atoms. The molecule has 0 amide bonds. The summed E-state index contributed by atoms with van der Waals surface area (Å²) in [6, 6.07) is 0. The highest BCUT2D eigenvalue weighted by Crippen LogP contribution is 2.48. The smallest absolute Gasteiger partial charge is 0.303 e. The van der Waals surface area contributed by atoms with Crippen LogP contribution in [0.5, 0.6) is 0 Å². The molecule has 2 rings (SSSR count). The van der Waals surface area contributed by atoms with Gasteiger partial charge in [0.1, 0.15) is 0 Å². The first kappa shape index (κ1) is 16.3. The van der Waals surface area contributed by atoms with E-state index in [0.29, 0.717) is 11.8 Å². The van der Waals surface area contributed by atoms with E-state index >= 15 is 0 Å². The fourth-order valence-corrected chi connectivity index (χ4v) is 3.83. The third-order valence-corrected chi connectivity index (χ3v) is 4.88. The van der Waals surface area contributed by atoms with Gasteiger partial charge in [0.05, 0.1) is 6.10 Å². The van der Waals surface area contributed by atoms with Crippen molar-refractivity contribution in [3.63, 3.8) is 0 Å². The number of carboxylic acids is 1. The number of aliphatic hydroxyl groups is 1. The van der Waals surface area contributed by atoms with Crippen LogP contribution in [-0.4, -0.2) is 22.3 Å². The second-order valence-corrected chi connectivity index (χ2v) is 6.56. The van der Waals surface area contributed by atoms with Crippen LogP contribution in [0.2, 0.25) is 0 Å². The molecular formula is C18H28O3. The van der Waals surface area contributed by atoms with Gasteiger partial charge in [-0.25, -0.2) is 0 Å². The van der Waals surface area contributed by atoms with Crippen molar-refractivity contribution in [1.29, 1.82) is 0 Å². The number of hydrogen-bond donors (Lipinski definition) is 2. The third-order valence-electron chi connectivity index (χ3n) is 4.88. The van der Waals surface area contributed by atoms with Crippen molar-refractivity contribution in [2.75, 3.05) is 0 Å². The Morgan fingerprint density at radius 1 is 1.43 bits per heavy atom. The summed E-state index contributed by atoms with van der Waals surface area (Å²) in [6.45, 7) is 2.17. The van der Waals surface area contributed by atoms with Crippen LogP contribution in [-0.2, 0) is 4.79 Å². The van der Waals surface area contributed by atoms with Crippen molar-refractivity contribution in [3.05, 3.63) is 23.8 Å². The average Bonchev–Trinajstić information content (AvgIpc) is 2.93. The van der Waals surface area contributed by atoms with Gasteiger partial charge < -0.3 is 10.2 Å². The molecular weight excluding hydrogens is 264 g/mol. The summed E-state index contributed by atoms with van der Waals surface area (Å²) in [7, 11) is 0. The summed E-state index contributed by atoms with van der Waals surface area (Å²) in [6.07, 6.45) is 13.9. The van der Waals surface area contributed by atoms with Crippen molar-refractivity contribution < 1.29 is 15.0 Å². The molecule has 4 atom stereocenters. The fourth-order valence-electron chi connectivity index (χ4n) is 3.83. The van der Waals surface area contributed by atoms with Crippen molar-refractivity contribution in [2.45, 2.75) is 64.4 Å². The molecule has 2 N–H and O–H groups in total. The average molecular weight is 292 g/mol. The summed E-state index contributed by atoms with van der Waals surface area (Å²) >= 11 is 0. The molecule has 1 fully saturated rings. The number of carbonyl (C=O) groups is 1. The number of hydrogen-bond acceptors (Lipinski definition) is 2. The highest BCUT2D eigenvalue weighted by atomic mass is 16.4. The molecule has 0 aromatic rings. The lowest BCUT2D eigenvalue weighted by Crippen LogP contribution is -2.15. The molecule has 2 aliphatic carbocycles. The van der Waals surface area contributed by atoms with Crippen molar-refractivity contribution >= 4 is 5.97 Å². The molecule has 2 unspecified atom stereocenters. The SMILES string of the molecule is CCC/C=C/[C@@H]1C2C=C(CCCCC(=O)O)CC2C[C@H]1O. The molecule has 0 bridgehead atoms. The molecule has 0 heterocycles. The van der Waals surface area contributed by atoms with Crippen molar-refractivity contribution in [2.24, 2.45) is 17.8 Å². The van der Waals surface area contributed by atoms with Gasteiger partial charge in [0, 0.05) is 12.3 Å². The van der Waals surface area contributed by atoms with E-state index < -0.39 is 5.97 Å². The van der Waals surface area contributed by atoms with Crippen LogP contribution in [0.3, 0.4) is 0 Å². The number of fused-ring (bicyclic) bond motifs is 1. The number of unbranched alkanes of at least 4 members (excludes halogenated alkanes) is 2. The zero-order valence-electron chi connectivity index (χ0n) is 13.0. The Morgan fingerprint density at radius 2 is 2.24 bits per heavy atom. The largest absolute Gasteiger partial charge is 0.481 e. The van der Waals surface area contributed by atoms with E-state index in [1.807, 2.05) is 0 Å². The molecule has 0 radical (unpaired) electrons. The maximum absolute atomic E-state index is 10.5. The second kappa shape index (κ2) is 7.79. The molecule has 0 saturated heterocycles. The van der Waals surface area contributed by atoms with E-state index in [1.165, 1.54) is 5.57 Å². The van der Waals surface area contributed by atoms with Crippen LogP contribution < -0.4 is 0 Å². The van der Waals surface area contributed by atoms with Crippen molar-refractivity contribution in [3.8, 4) is 0 Å². The monoisotopic (exact) mass is 292 g/mol. The lowest BCUT2D eigenvalue weighted by atomic mass is 9.91. The van der Waals surface area contributed by atoms with Crippen LogP contribution in [0, 0.1) is 17.8 Å². The standard InChI is InChI=1S/C18H28O3/c1-2-3-4-8-15-16-11-13(7-5-6-9-18(20)21)10-14(16)12-17(15)19/h4,8,11,14-17,19H,2-3,5-7,9-10,12H2,1H3,(H,20,21)/b8-4+/t14?,15-,16?,17-/m1/s1. The summed E-state index contributed by atoms with van der Waals surface area (Å²) < 4.78 is 0. The summed E-state index contributed by atoms with van der Waals surface area (Å²) in [5.74, 6) is 0.697. The lowest BCUT2D eigenvalue weighted by molar-refractivity contribution is -0.137. The molecule has 2 aliphatic rings. The number of aliphatic hydroxyl groups excluding tert-OH is 1. The van der Waals surface area contributed by atoms with Gasteiger partial charge >= 0.3 is 5.97 Å². The van der Waals surface area contributed by atoms with E-state index in [9.17, 15) is 9.90 Å². The molecule has 118 valence electrons. The zero-order valence-corrected chi connectivity index (χ0v) is 13.0. The minimum Gasteiger partial charge on any atom is -0.481 e. The minimum absolute atomic E-state index is 0.182. The number of allylic oxidation sites excluding steroid dienone is 3. The normalized spacial score (nSPS) is 31.6. The van der Waals surface area contributed by atoms with Crippen LogP contribution in [0.4, 0.5) is 0 Å². The molecule has 21 heavy (non-hydrogen) atoms. The second-order valence-electron chi connectivity index (χ2n) is 6.56. The Labute approximate surface area is 127 Å². The lowest BCUT2D eigenvalue weighted by Gasteiger charge is -2.15. The zero-order chi connectivity index (χ0) is 15.2. The maximum Gasteiger partial charge on any atom is 0.303 e. The Morgan fingerprint density at radius 3 is 2.95 bits per heavy atom. The van der Waals surface area contributed by atoms with E-state index in [4.69, 9.17) is 5.11 Å². The molecule has 0 aromatic heterocycles. The van der Waals surface area contributed by atoms with Gasteiger partial charge in [-0.2, -0.15) is 0 Å². The molecule has 0 aromatic carbocycles. The number of aliphatic carboxylic acids is 1. The van der Waals surface area contributed by atoms with Gasteiger partial charge in [0.2, 0.25) is 0 Å². The van der Waals surface area contributed by atoms with Gasteiger partial charge in [-0.1, -0.05) is 37.1 Å². The van der Waals surface area contributed by atoms with Crippen LogP contribution in [0.25, 0.3) is 0 Å². The molecule has 1 saturated carbocycles. The molecule has 3 heteroatoms. The van der Waals surface area contributed by atoms with Crippen molar-refractivity contribution in [1.82, 2.24) is 0 Å². The van der Waals surface area contributed by atoms with Gasteiger partial charge in [0.15, 0.2) is 0 Å². The first-order valence-corrected chi connectivity index (χ1v) is 8.38. The summed E-state index contributed by atoms with van der Waals surface area (Å²) in [5.41, 5.74) is 1.48. The molecule has 0 aliphatic heterocycles. The molecule has 3 nitrogen and oxygen atoms in total. The van der Waals surface area contributed by atoms with E-state index in [-0.39, 0.29) is 18.4 Å². The predicted molar refractivity (Wildman–Crippen MR) is 83.9 cm³/mol. The topological polar surface area (TPSA) is 57.5 Å². The van der Waals surface area contributed by atoms with Crippen LogP contribution in [0.1, 0.15) is 58.3 Å². The Bertz CT molecular complexity index is 411. The van der Waals surface area contributed by atoms with E-state index in [1.54, 1.807) is 0 Å². The van der Waals surface area contributed by atoms with Gasteiger partial charge in [-0.3, -0.25) is 4.79 Å². The Balaban J connectivity index is 1.84. The van der Waals surface area contributed by atoms with E-state index in [2.05, 4.69) is 25.2 Å². The quantitative estimate of drug-likeness (QED) is 0.526. The van der Waals surface area contributed by atoms with Gasteiger partial charge in [-0.05, 0) is 50.4 Å². The van der Waals surface area contributed by atoms with Gasteiger partial charge in [-0.15, -0.1) is 0 Å². The highest BCUT2D eigenvalue weighted by molar-refractivity contribution is 5.66. The Kier molecular flexibility index (Phi) is 6.04. The van der Waals surface area contributed by atoms with Gasteiger partial charge in [0.25, 0.3) is 0 Å².